The van der Waals surface area contributed by atoms with Crippen LogP contribution in [0.1, 0.15) is 0 Å². The highest BCUT2D eigenvalue weighted by Crippen LogP contribution is 2.34. The molecule has 0 bridgehead atoms. The molecule has 2 heterocycles. The molecule has 86 valence electrons. The summed E-state index contributed by atoms with van der Waals surface area (Å²) in [6.45, 7) is 0. The Morgan fingerprint density at radius 3 is 3.18 bits per heavy atom. The number of aromatic nitrogens is 3. The normalized spacial score (nSPS) is 14.0. The third-order valence-electron chi connectivity index (χ3n) is 2.16. The maximum absolute atomic E-state index is 11.3. The van der Waals surface area contributed by atoms with Gasteiger partial charge in [-0.15, -0.1) is 11.8 Å². The molecule has 1 aliphatic heterocycles. The fraction of sp³-hybridized carbons (Fsp3) is 0.111. The molecule has 0 saturated heterocycles. The number of hydrogen-bond acceptors (Lipinski definition) is 7. The topological polar surface area (TPSA) is 79.8 Å². The van der Waals surface area contributed by atoms with Crippen LogP contribution < -0.4 is 10.6 Å². The van der Waals surface area contributed by atoms with E-state index >= 15 is 0 Å². The van der Waals surface area contributed by atoms with Gasteiger partial charge >= 0.3 is 0 Å². The van der Waals surface area contributed by atoms with Gasteiger partial charge in [-0.1, -0.05) is 9.59 Å². The van der Waals surface area contributed by atoms with Gasteiger partial charge in [0.2, 0.25) is 11.0 Å². The lowest BCUT2D eigenvalue weighted by molar-refractivity contribution is -0.113. The summed E-state index contributed by atoms with van der Waals surface area (Å²) in [6, 6.07) is 5.78. The summed E-state index contributed by atoms with van der Waals surface area (Å²) in [5.41, 5.74) is 1.68. The maximum Gasteiger partial charge on any atom is 0.234 e. The number of carbonyl (C=O) groups is 1. The lowest BCUT2D eigenvalue weighted by atomic mass is 10.2. The lowest BCUT2D eigenvalue weighted by Crippen LogP contribution is -2.18. The van der Waals surface area contributed by atoms with Crippen molar-refractivity contribution in [2.24, 2.45) is 0 Å². The fourth-order valence-corrected chi connectivity index (χ4v) is 2.64. The second kappa shape index (κ2) is 4.30. The number of amides is 1. The lowest BCUT2D eigenvalue weighted by Gasteiger charge is -2.16. The van der Waals surface area contributed by atoms with Crippen molar-refractivity contribution in [3.8, 4) is 0 Å². The molecule has 0 spiro atoms. The van der Waals surface area contributed by atoms with E-state index in [0.717, 1.165) is 16.3 Å². The quantitative estimate of drug-likeness (QED) is 0.860. The van der Waals surface area contributed by atoms with Crippen molar-refractivity contribution in [3.05, 3.63) is 18.2 Å². The molecular weight excluding hydrogens is 258 g/mol. The first-order valence-corrected chi connectivity index (χ1v) is 6.56. The van der Waals surface area contributed by atoms with Crippen LogP contribution in [0.3, 0.4) is 0 Å². The summed E-state index contributed by atoms with van der Waals surface area (Å²) in [7, 11) is 0. The van der Waals surface area contributed by atoms with Crippen LogP contribution in [0.15, 0.2) is 23.1 Å². The number of thioether (sulfide) groups is 1. The molecular formula is C9H7N5OS2. The fourth-order valence-electron chi connectivity index (χ4n) is 1.47. The minimum absolute atomic E-state index is 0.0252. The second-order valence-corrected chi connectivity index (χ2v) is 5.09. The standard InChI is InChI=1S/C9H7N5OS2/c15-8-4-16-7-2-1-5(3-6(7)11-8)10-9-12-13-14-17-9/h1-3H,4H2,(H,11,15)(H,10,12,14). The van der Waals surface area contributed by atoms with Gasteiger partial charge in [0.1, 0.15) is 0 Å². The Labute approximate surface area is 105 Å². The van der Waals surface area contributed by atoms with Crippen LogP contribution in [0.5, 0.6) is 0 Å². The molecule has 1 aromatic heterocycles. The third-order valence-corrected chi connectivity index (χ3v) is 3.75. The smallest absolute Gasteiger partial charge is 0.234 e. The number of nitrogens with one attached hydrogen (secondary N) is 2. The zero-order chi connectivity index (χ0) is 11.7. The summed E-state index contributed by atoms with van der Waals surface area (Å²) >= 11 is 2.72. The summed E-state index contributed by atoms with van der Waals surface area (Å²) in [5, 5.41) is 13.8. The van der Waals surface area contributed by atoms with Crippen LogP contribution >= 0.6 is 23.3 Å². The number of fused-ring (bicyclic) bond motifs is 1. The van der Waals surface area contributed by atoms with Gasteiger partial charge in [-0.25, -0.2) is 0 Å². The van der Waals surface area contributed by atoms with Crippen LogP contribution in [0, 0.1) is 0 Å². The molecule has 3 rings (SSSR count). The highest BCUT2D eigenvalue weighted by molar-refractivity contribution is 8.00. The van der Waals surface area contributed by atoms with Gasteiger partial charge in [0.15, 0.2) is 0 Å². The van der Waals surface area contributed by atoms with Gasteiger partial charge < -0.3 is 10.6 Å². The molecule has 1 aromatic carbocycles. The predicted molar refractivity (Wildman–Crippen MR) is 66.8 cm³/mol. The molecule has 1 amide bonds. The number of anilines is 3. The van der Waals surface area contributed by atoms with E-state index in [2.05, 4.69) is 25.4 Å². The van der Waals surface area contributed by atoms with Gasteiger partial charge in [-0.2, -0.15) is 0 Å². The Hall–Kier alpha value is -1.67. The first-order chi connectivity index (χ1) is 8.31. The van der Waals surface area contributed by atoms with Crippen LogP contribution in [0.4, 0.5) is 16.5 Å². The van der Waals surface area contributed by atoms with Crippen molar-refractivity contribution in [3.63, 3.8) is 0 Å². The molecule has 17 heavy (non-hydrogen) atoms. The minimum atomic E-state index is 0.0252. The molecule has 1 aliphatic rings. The summed E-state index contributed by atoms with van der Waals surface area (Å²) in [6.07, 6.45) is 0. The van der Waals surface area contributed by atoms with E-state index in [-0.39, 0.29) is 5.91 Å². The molecule has 2 N–H and O–H groups in total. The first-order valence-electron chi connectivity index (χ1n) is 4.80. The maximum atomic E-state index is 11.3. The summed E-state index contributed by atoms with van der Waals surface area (Å²) < 4.78 is 3.66. The van der Waals surface area contributed by atoms with Crippen LogP contribution in [0.25, 0.3) is 0 Å². The van der Waals surface area contributed by atoms with Crippen molar-refractivity contribution < 1.29 is 4.79 Å². The zero-order valence-corrected chi connectivity index (χ0v) is 10.1. The van der Waals surface area contributed by atoms with Crippen LogP contribution in [0.2, 0.25) is 0 Å². The Morgan fingerprint density at radius 1 is 1.41 bits per heavy atom. The molecule has 6 nitrogen and oxygen atoms in total. The number of hydrogen-bond donors (Lipinski definition) is 2. The summed E-state index contributed by atoms with van der Waals surface area (Å²) in [4.78, 5) is 12.3. The average molecular weight is 265 g/mol. The van der Waals surface area contributed by atoms with E-state index in [1.54, 1.807) is 0 Å². The van der Waals surface area contributed by atoms with E-state index in [4.69, 9.17) is 0 Å². The molecule has 0 saturated carbocycles. The van der Waals surface area contributed by atoms with E-state index < -0.39 is 0 Å². The SMILES string of the molecule is O=C1CSc2ccc(Nc3nnns3)cc2N1. The number of benzene rings is 1. The summed E-state index contributed by atoms with van der Waals surface area (Å²) in [5.74, 6) is 0.498. The largest absolute Gasteiger partial charge is 0.329 e. The molecule has 0 aliphatic carbocycles. The van der Waals surface area contributed by atoms with E-state index in [0.29, 0.717) is 10.9 Å². The number of carbonyl (C=O) groups excluding carboxylic acids is 1. The van der Waals surface area contributed by atoms with Crippen molar-refractivity contribution in [2.75, 3.05) is 16.4 Å². The van der Waals surface area contributed by atoms with Crippen molar-refractivity contribution in [2.45, 2.75) is 4.90 Å². The molecule has 0 fully saturated rings. The second-order valence-electron chi connectivity index (χ2n) is 3.34. The third kappa shape index (κ3) is 2.22. The Kier molecular flexibility index (Phi) is 2.65. The minimum Gasteiger partial charge on any atom is -0.329 e. The molecule has 0 radical (unpaired) electrons. The highest BCUT2D eigenvalue weighted by Gasteiger charge is 2.15. The Morgan fingerprint density at radius 2 is 2.35 bits per heavy atom. The first kappa shape index (κ1) is 10.5. The van der Waals surface area contributed by atoms with Crippen LogP contribution in [-0.4, -0.2) is 26.5 Å². The Bertz CT molecular complexity index is 557. The van der Waals surface area contributed by atoms with Gasteiger partial charge in [0, 0.05) is 22.1 Å². The zero-order valence-electron chi connectivity index (χ0n) is 8.51. The van der Waals surface area contributed by atoms with Crippen molar-refractivity contribution in [1.82, 2.24) is 14.8 Å². The van der Waals surface area contributed by atoms with Crippen molar-refractivity contribution in [1.29, 1.82) is 0 Å². The number of rotatable bonds is 2. The monoisotopic (exact) mass is 265 g/mol. The Balaban J connectivity index is 1.87. The molecule has 8 heteroatoms. The molecule has 2 aromatic rings. The van der Waals surface area contributed by atoms with Crippen LogP contribution in [-0.2, 0) is 4.79 Å². The highest BCUT2D eigenvalue weighted by atomic mass is 32.2. The predicted octanol–water partition coefficient (Wildman–Crippen LogP) is 1.72. The van der Waals surface area contributed by atoms with Gasteiger partial charge in [0.25, 0.3) is 0 Å². The van der Waals surface area contributed by atoms with E-state index in [9.17, 15) is 4.79 Å². The van der Waals surface area contributed by atoms with Crippen molar-refractivity contribution >= 4 is 45.7 Å². The van der Waals surface area contributed by atoms with Gasteiger partial charge in [-0.05, 0) is 23.4 Å². The molecule has 0 unspecified atom stereocenters. The average Bonchev–Trinajstić information content (AvgIpc) is 2.81. The number of nitrogens with zero attached hydrogens (tertiary/aromatic N) is 3. The van der Waals surface area contributed by atoms with E-state index in [1.807, 2.05) is 18.2 Å². The van der Waals surface area contributed by atoms with Gasteiger partial charge in [-0.3, -0.25) is 4.79 Å². The van der Waals surface area contributed by atoms with E-state index in [1.165, 1.54) is 23.3 Å². The molecule has 0 atom stereocenters. The van der Waals surface area contributed by atoms with Gasteiger partial charge in [0.05, 0.1) is 11.4 Å².